The monoisotopic (exact) mass is 430 g/mol. The molecule has 0 aliphatic carbocycles. The smallest absolute Gasteiger partial charge is 0.248 e. The second-order valence-corrected chi connectivity index (χ2v) is 7.67. The van der Waals surface area contributed by atoms with Crippen molar-refractivity contribution in [3.63, 3.8) is 0 Å². The average Bonchev–Trinajstić information content (AvgIpc) is 3.10. The Labute approximate surface area is 181 Å². The second kappa shape index (κ2) is 9.51. The summed E-state index contributed by atoms with van der Waals surface area (Å²) in [6.45, 7) is 5.30. The van der Waals surface area contributed by atoms with E-state index < -0.39 is 6.10 Å². The van der Waals surface area contributed by atoms with Gasteiger partial charge in [0.2, 0.25) is 5.56 Å². The lowest BCUT2D eigenvalue weighted by molar-refractivity contribution is 0.103. The number of aromatic nitrogens is 1. The van der Waals surface area contributed by atoms with Crippen LogP contribution in [0.3, 0.4) is 0 Å². The van der Waals surface area contributed by atoms with Gasteiger partial charge in [-0.2, -0.15) is 0 Å². The highest BCUT2D eigenvalue weighted by Gasteiger charge is 2.25. The maximum absolute atomic E-state index is 11.6. The zero-order valence-electron chi connectivity index (χ0n) is 17.1. The molecule has 1 aliphatic heterocycles. The Hall–Kier alpha value is -2.54. The van der Waals surface area contributed by atoms with E-state index in [-0.39, 0.29) is 30.7 Å². The van der Waals surface area contributed by atoms with E-state index in [2.05, 4.69) is 16.4 Å². The van der Waals surface area contributed by atoms with Crippen LogP contribution in [0, 0.1) is 13.8 Å². The number of rotatable bonds is 7. The molecule has 3 aromatic rings. The van der Waals surface area contributed by atoms with E-state index in [1.807, 2.05) is 44.2 Å². The summed E-state index contributed by atoms with van der Waals surface area (Å²) < 4.78 is 11.8. The van der Waals surface area contributed by atoms with Crippen molar-refractivity contribution in [2.45, 2.75) is 32.5 Å². The molecule has 2 atom stereocenters. The minimum atomic E-state index is -0.603. The van der Waals surface area contributed by atoms with Crippen LogP contribution in [0.15, 0.2) is 47.3 Å². The Kier molecular flexibility index (Phi) is 7.02. The number of aryl methyl sites for hydroxylation is 2. The van der Waals surface area contributed by atoms with Crippen LogP contribution in [0.25, 0.3) is 10.9 Å². The van der Waals surface area contributed by atoms with E-state index in [1.54, 1.807) is 0 Å². The highest BCUT2D eigenvalue weighted by molar-refractivity contribution is 5.89. The van der Waals surface area contributed by atoms with Gasteiger partial charge in [-0.25, -0.2) is 0 Å². The molecule has 160 valence electrons. The summed E-state index contributed by atoms with van der Waals surface area (Å²) in [6.07, 6.45) is 0.189. The number of hydrogen-bond donors (Lipinski definition) is 3. The summed E-state index contributed by atoms with van der Waals surface area (Å²) in [5, 5.41) is 14.4. The quantitative estimate of drug-likeness (QED) is 0.536. The number of pyridine rings is 1. The molecule has 7 heteroatoms. The minimum Gasteiger partial charge on any atom is -0.491 e. The van der Waals surface area contributed by atoms with Crippen LogP contribution < -0.4 is 20.3 Å². The Morgan fingerprint density at radius 2 is 2.00 bits per heavy atom. The summed E-state index contributed by atoms with van der Waals surface area (Å²) in [4.78, 5) is 14.5. The molecule has 30 heavy (non-hydrogen) atoms. The Bertz CT molecular complexity index is 1070. The highest BCUT2D eigenvalue weighted by atomic mass is 35.5. The molecule has 6 nitrogen and oxygen atoms in total. The van der Waals surface area contributed by atoms with Crippen LogP contribution in [-0.2, 0) is 6.42 Å². The maximum Gasteiger partial charge on any atom is 0.248 e. The number of nitrogens with one attached hydrogen (secondary N) is 2. The van der Waals surface area contributed by atoms with E-state index in [4.69, 9.17) is 9.47 Å². The fourth-order valence-electron chi connectivity index (χ4n) is 3.70. The van der Waals surface area contributed by atoms with Crippen LogP contribution in [-0.4, -0.2) is 42.0 Å². The van der Waals surface area contributed by atoms with Gasteiger partial charge in [-0.15, -0.1) is 12.4 Å². The summed E-state index contributed by atoms with van der Waals surface area (Å²) in [6, 6.07) is 13.2. The molecule has 0 saturated carbocycles. The van der Waals surface area contributed by atoms with E-state index >= 15 is 0 Å². The van der Waals surface area contributed by atoms with Crippen molar-refractivity contribution in [2.75, 3.05) is 19.7 Å². The molecule has 4 rings (SSSR count). The first-order chi connectivity index (χ1) is 14.0. The molecule has 2 heterocycles. The van der Waals surface area contributed by atoms with Gasteiger partial charge in [0.05, 0.1) is 5.52 Å². The Morgan fingerprint density at radius 3 is 2.77 bits per heavy atom. The van der Waals surface area contributed by atoms with E-state index in [0.29, 0.717) is 13.1 Å². The zero-order valence-corrected chi connectivity index (χ0v) is 17.9. The van der Waals surface area contributed by atoms with Gasteiger partial charge in [-0.3, -0.25) is 4.79 Å². The largest absolute Gasteiger partial charge is 0.491 e. The number of aliphatic hydroxyl groups is 1. The first-order valence-electron chi connectivity index (χ1n) is 9.90. The third-order valence-electron chi connectivity index (χ3n) is 5.19. The van der Waals surface area contributed by atoms with E-state index in [0.717, 1.165) is 39.9 Å². The van der Waals surface area contributed by atoms with Crippen molar-refractivity contribution in [1.29, 1.82) is 0 Å². The average molecular weight is 431 g/mol. The van der Waals surface area contributed by atoms with Crippen molar-refractivity contribution in [1.82, 2.24) is 10.3 Å². The zero-order chi connectivity index (χ0) is 20.4. The predicted octanol–water partition coefficient (Wildman–Crippen LogP) is 2.90. The summed E-state index contributed by atoms with van der Waals surface area (Å²) >= 11 is 0. The van der Waals surface area contributed by atoms with Crippen LogP contribution in [0.1, 0.15) is 16.7 Å². The van der Waals surface area contributed by atoms with Gasteiger partial charge in [0.15, 0.2) is 0 Å². The Morgan fingerprint density at radius 1 is 1.23 bits per heavy atom. The van der Waals surface area contributed by atoms with Crippen molar-refractivity contribution in [3.8, 4) is 11.5 Å². The van der Waals surface area contributed by atoms with E-state index in [9.17, 15) is 9.90 Å². The molecule has 3 N–H and O–H groups in total. The lowest BCUT2D eigenvalue weighted by Gasteiger charge is -2.16. The number of H-pyrrole nitrogens is 1. The molecule has 0 radical (unpaired) electrons. The standard InChI is InChI=1S/C23H26N2O4.ClH/c1-14-3-5-18(6-4-14)28-13-17(26)11-24-12-19-10-16-9-15(2)22-20(23(16)29-19)7-8-21(27)25-22;/h3-9,17,19,24,26H,10-13H2,1-2H3,(H,25,27);1H. The third-order valence-corrected chi connectivity index (χ3v) is 5.19. The number of fused-ring (bicyclic) bond motifs is 3. The van der Waals surface area contributed by atoms with Crippen LogP contribution in [0.5, 0.6) is 11.5 Å². The fraction of sp³-hybridized carbons (Fsp3) is 0.348. The van der Waals surface area contributed by atoms with Gasteiger partial charge in [0.25, 0.3) is 0 Å². The fourth-order valence-corrected chi connectivity index (χ4v) is 3.70. The number of benzene rings is 2. The molecule has 0 bridgehead atoms. The predicted molar refractivity (Wildman–Crippen MR) is 120 cm³/mol. The highest BCUT2D eigenvalue weighted by Crippen LogP contribution is 2.36. The van der Waals surface area contributed by atoms with Gasteiger partial charge in [-0.05, 0) is 43.2 Å². The molecule has 2 unspecified atom stereocenters. The van der Waals surface area contributed by atoms with Crippen LogP contribution >= 0.6 is 12.4 Å². The summed E-state index contributed by atoms with van der Waals surface area (Å²) in [7, 11) is 0. The normalized spacial score (nSPS) is 15.9. The van der Waals surface area contributed by atoms with Crippen LogP contribution in [0.2, 0.25) is 0 Å². The molecule has 1 aromatic heterocycles. The number of aliphatic hydroxyl groups excluding tert-OH is 1. The van der Waals surface area contributed by atoms with Gasteiger partial charge in [0, 0.05) is 31.0 Å². The molecular formula is C23H27ClN2O4. The van der Waals surface area contributed by atoms with Crippen molar-refractivity contribution >= 4 is 23.3 Å². The first kappa shape index (κ1) is 22.2. The summed E-state index contributed by atoms with van der Waals surface area (Å²) in [5.74, 6) is 1.60. The van der Waals surface area contributed by atoms with Gasteiger partial charge in [0.1, 0.15) is 30.3 Å². The van der Waals surface area contributed by atoms with E-state index in [1.165, 1.54) is 11.6 Å². The molecule has 2 aromatic carbocycles. The topological polar surface area (TPSA) is 83.6 Å². The number of hydrogen-bond acceptors (Lipinski definition) is 5. The third kappa shape index (κ3) is 4.95. The van der Waals surface area contributed by atoms with Crippen LogP contribution in [0.4, 0.5) is 0 Å². The van der Waals surface area contributed by atoms with Crippen molar-refractivity contribution in [3.05, 3.63) is 69.5 Å². The Balaban J connectivity index is 0.00000256. The number of halogens is 1. The lowest BCUT2D eigenvalue weighted by Crippen LogP contribution is -2.37. The lowest BCUT2D eigenvalue weighted by atomic mass is 10.0. The van der Waals surface area contributed by atoms with Gasteiger partial charge >= 0.3 is 0 Å². The molecule has 0 fully saturated rings. The second-order valence-electron chi connectivity index (χ2n) is 7.67. The van der Waals surface area contributed by atoms with Crippen molar-refractivity contribution in [2.24, 2.45) is 0 Å². The molecule has 1 aliphatic rings. The SMILES string of the molecule is Cc1ccc(OCC(O)CNCC2Cc3cc(C)c4[nH]c(=O)ccc4c3O2)cc1.Cl. The molecular weight excluding hydrogens is 404 g/mol. The van der Waals surface area contributed by atoms with Gasteiger partial charge in [-0.1, -0.05) is 23.8 Å². The molecule has 0 saturated heterocycles. The van der Waals surface area contributed by atoms with Gasteiger partial charge < -0.3 is 24.9 Å². The maximum atomic E-state index is 11.6. The summed E-state index contributed by atoms with van der Waals surface area (Å²) in [5.41, 5.74) is 4.08. The number of ether oxygens (including phenoxy) is 2. The van der Waals surface area contributed by atoms with Crippen molar-refractivity contribution < 1.29 is 14.6 Å². The molecule has 0 spiro atoms. The number of aromatic amines is 1. The first-order valence-corrected chi connectivity index (χ1v) is 9.90. The molecule has 0 amide bonds. The minimum absolute atomic E-state index is 0.